The quantitative estimate of drug-likeness (QED) is 0.169. The second kappa shape index (κ2) is 17.7. The molecule has 3 heterocycles. The summed E-state index contributed by atoms with van der Waals surface area (Å²) in [5.41, 5.74) is 6.23. The smallest absolute Gasteiger partial charge is 1.00 e. The predicted molar refractivity (Wildman–Crippen MR) is 150 cm³/mol. The molecule has 0 fully saturated rings. The SMILES string of the molecule is CCCCCCn1c(-c2cccc(-c3nc4ccccc4n3CCCCCC)n2)nc2ccccc21.[Cl-].[Cl-].[Cl-].[Co+3]. The van der Waals surface area contributed by atoms with Crippen LogP contribution in [0.4, 0.5) is 0 Å². The minimum Gasteiger partial charge on any atom is -1.00 e. The molecule has 0 aliphatic rings. The molecule has 5 nitrogen and oxygen atoms in total. The first kappa shape index (κ1) is 35.9. The van der Waals surface area contributed by atoms with Gasteiger partial charge < -0.3 is 46.4 Å². The number of fused-ring (bicyclic) bond motifs is 2. The van der Waals surface area contributed by atoms with E-state index in [0.29, 0.717) is 0 Å². The molecule has 0 aliphatic carbocycles. The van der Waals surface area contributed by atoms with Gasteiger partial charge in [0, 0.05) is 13.1 Å². The molecule has 9 heteroatoms. The third-order valence-electron chi connectivity index (χ3n) is 6.99. The molecule has 0 amide bonds. The summed E-state index contributed by atoms with van der Waals surface area (Å²) in [6.07, 6.45) is 9.77. The molecule has 5 rings (SSSR count). The van der Waals surface area contributed by atoms with Crippen LogP contribution in [0.5, 0.6) is 0 Å². The summed E-state index contributed by atoms with van der Waals surface area (Å²) < 4.78 is 4.70. The summed E-state index contributed by atoms with van der Waals surface area (Å²) in [4.78, 5) is 15.2. The number of halogens is 3. The Morgan fingerprint density at radius 2 is 0.925 bits per heavy atom. The van der Waals surface area contributed by atoms with Crippen molar-refractivity contribution in [2.45, 2.75) is 78.3 Å². The molecule has 0 saturated heterocycles. The summed E-state index contributed by atoms with van der Waals surface area (Å²) in [5, 5.41) is 0. The largest absolute Gasteiger partial charge is 3.00 e. The second-order valence-electron chi connectivity index (χ2n) is 9.68. The van der Waals surface area contributed by atoms with Gasteiger partial charge in [0.1, 0.15) is 11.4 Å². The van der Waals surface area contributed by atoms with Crippen LogP contribution in [0.2, 0.25) is 0 Å². The summed E-state index contributed by atoms with van der Waals surface area (Å²) in [6.45, 7) is 6.42. The molecule has 5 aromatic rings. The van der Waals surface area contributed by atoms with E-state index >= 15 is 0 Å². The van der Waals surface area contributed by atoms with Crippen molar-refractivity contribution in [3.05, 3.63) is 66.7 Å². The van der Waals surface area contributed by atoms with Crippen molar-refractivity contribution in [2.24, 2.45) is 0 Å². The van der Waals surface area contributed by atoms with Crippen molar-refractivity contribution in [1.82, 2.24) is 24.1 Å². The molecule has 0 spiro atoms. The molecule has 0 bridgehead atoms. The molecule has 0 N–H and O–H groups in total. The Bertz CT molecular complexity index is 1340. The summed E-state index contributed by atoms with van der Waals surface area (Å²) in [5.74, 6) is 1.89. The topological polar surface area (TPSA) is 48.5 Å². The van der Waals surface area contributed by atoms with E-state index in [1.165, 1.54) is 49.6 Å². The first-order valence-electron chi connectivity index (χ1n) is 13.7. The first-order chi connectivity index (χ1) is 17.8. The fraction of sp³-hybridized carbons (Fsp3) is 0.387. The molecule has 2 aromatic carbocycles. The maximum absolute atomic E-state index is 5.15. The first-order valence-corrected chi connectivity index (χ1v) is 13.7. The minimum absolute atomic E-state index is 0. The minimum atomic E-state index is 0. The van der Waals surface area contributed by atoms with E-state index in [2.05, 4.69) is 89.7 Å². The zero-order valence-corrected chi connectivity index (χ0v) is 26.4. The van der Waals surface area contributed by atoms with Crippen molar-refractivity contribution in [3.63, 3.8) is 0 Å². The Kier molecular flexibility index (Phi) is 15.9. The number of rotatable bonds is 12. The number of unbranched alkanes of at least 4 members (excludes halogenated alkanes) is 6. The molecule has 3 aromatic heterocycles. The zero-order chi connectivity index (χ0) is 24.7. The number of benzene rings is 2. The second-order valence-corrected chi connectivity index (χ2v) is 9.68. The Labute approximate surface area is 267 Å². The fourth-order valence-corrected chi connectivity index (χ4v) is 5.07. The molecule has 0 radical (unpaired) electrons. The maximum Gasteiger partial charge on any atom is 3.00 e. The van der Waals surface area contributed by atoms with Gasteiger partial charge in [-0.1, -0.05) is 82.7 Å². The predicted octanol–water partition coefficient (Wildman–Crippen LogP) is -0.715. The molecule has 0 saturated carbocycles. The third-order valence-corrected chi connectivity index (χ3v) is 6.99. The van der Waals surface area contributed by atoms with Crippen LogP contribution in [0, 0.1) is 0 Å². The van der Waals surface area contributed by atoms with Gasteiger partial charge >= 0.3 is 16.8 Å². The van der Waals surface area contributed by atoms with E-state index in [-0.39, 0.29) is 54.0 Å². The number of pyridine rings is 1. The van der Waals surface area contributed by atoms with Gasteiger partial charge in [0.25, 0.3) is 0 Å². The van der Waals surface area contributed by atoms with Crippen molar-refractivity contribution >= 4 is 22.1 Å². The van der Waals surface area contributed by atoms with Crippen LogP contribution in [0.1, 0.15) is 65.2 Å². The van der Waals surface area contributed by atoms with Gasteiger partial charge in [0.15, 0.2) is 11.6 Å². The number of imidazole rings is 2. The number of para-hydroxylation sites is 4. The Morgan fingerprint density at radius 1 is 0.500 bits per heavy atom. The van der Waals surface area contributed by atoms with E-state index in [0.717, 1.165) is 60.0 Å². The van der Waals surface area contributed by atoms with Crippen molar-refractivity contribution in [1.29, 1.82) is 0 Å². The number of nitrogens with zero attached hydrogens (tertiary/aromatic N) is 5. The third kappa shape index (κ3) is 8.01. The van der Waals surface area contributed by atoms with Crippen LogP contribution in [-0.4, -0.2) is 24.1 Å². The number of aryl methyl sites for hydroxylation is 2. The van der Waals surface area contributed by atoms with Gasteiger partial charge in [-0.3, -0.25) is 0 Å². The van der Waals surface area contributed by atoms with Crippen LogP contribution in [0.25, 0.3) is 45.1 Å². The van der Waals surface area contributed by atoms with E-state index in [1.54, 1.807) is 0 Å². The van der Waals surface area contributed by atoms with Crippen LogP contribution >= 0.6 is 0 Å². The van der Waals surface area contributed by atoms with Gasteiger partial charge in [-0.25, -0.2) is 15.0 Å². The van der Waals surface area contributed by atoms with E-state index < -0.39 is 0 Å². The molecular formula is C31H37Cl3CoN5. The normalized spacial score (nSPS) is 10.4. The number of hydrogen-bond acceptors (Lipinski definition) is 3. The molecule has 40 heavy (non-hydrogen) atoms. The van der Waals surface area contributed by atoms with Crippen LogP contribution < -0.4 is 37.2 Å². The monoisotopic (exact) mass is 643 g/mol. The standard InChI is InChI=1S/C31H37N5.3ClH.Co/c1-3-5-7-13-22-35-28-20-11-9-16-24(28)33-30(35)26-18-15-19-27(32-26)31-34-25-17-10-12-21-29(25)36(31)23-14-8-6-4-2;;;;/h9-12,15-21H,3-8,13-14,22-23H2,1-2H3;3*1H;/q;;;;+3/p-3. The average Bonchev–Trinajstić information content (AvgIpc) is 3.48. The number of hydrogen-bond donors (Lipinski definition) is 0. The van der Waals surface area contributed by atoms with Gasteiger partial charge in [-0.2, -0.15) is 0 Å². The molecule has 0 unspecified atom stereocenters. The summed E-state index contributed by atoms with van der Waals surface area (Å²) >= 11 is 0. The summed E-state index contributed by atoms with van der Waals surface area (Å²) in [6, 6.07) is 23.1. The van der Waals surface area contributed by atoms with E-state index in [4.69, 9.17) is 15.0 Å². The van der Waals surface area contributed by atoms with E-state index in [1.807, 2.05) is 0 Å². The van der Waals surface area contributed by atoms with Crippen LogP contribution in [-0.2, 0) is 29.9 Å². The molecule has 0 atom stereocenters. The molecule has 0 aliphatic heterocycles. The van der Waals surface area contributed by atoms with Crippen LogP contribution in [0.15, 0.2) is 66.7 Å². The Morgan fingerprint density at radius 3 is 1.35 bits per heavy atom. The van der Waals surface area contributed by atoms with Crippen molar-refractivity contribution < 1.29 is 54.0 Å². The molecular weight excluding hydrogens is 608 g/mol. The van der Waals surface area contributed by atoms with Crippen LogP contribution in [0.3, 0.4) is 0 Å². The zero-order valence-electron chi connectivity index (χ0n) is 23.1. The Balaban J connectivity index is 0.00000200. The van der Waals surface area contributed by atoms with Gasteiger partial charge in [-0.05, 0) is 49.2 Å². The average molecular weight is 645 g/mol. The number of aromatic nitrogens is 5. The van der Waals surface area contributed by atoms with Gasteiger partial charge in [-0.15, -0.1) is 0 Å². The van der Waals surface area contributed by atoms with Crippen molar-refractivity contribution in [3.8, 4) is 23.0 Å². The fourth-order valence-electron chi connectivity index (χ4n) is 5.07. The maximum atomic E-state index is 5.15. The molecule has 216 valence electrons. The Hall–Kier alpha value is -2.09. The van der Waals surface area contributed by atoms with Gasteiger partial charge in [0.05, 0.1) is 22.1 Å². The van der Waals surface area contributed by atoms with Gasteiger partial charge in [0.2, 0.25) is 0 Å². The van der Waals surface area contributed by atoms with Crippen molar-refractivity contribution in [2.75, 3.05) is 0 Å². The van der Waals surface area contributed by atoms with E-state index in [9.17, 15) is 0 Å². The summed E-state index contributed by atoms with van der Waals surface area (Å²) in [7, 11) is 0.